The molecule has 0 spiro atoms. The molecule has 2 rings (SSSR count). The summed E-state index contributed by atoms with van der Waals surface area (Å²) in [6, 6.07) is 0.960. The molecule has 0 aromatic heterocycles. The van der Waals surface area contributed by atoms with Gasteiger partial charge in [-0.05, 0) is 39.5 Å². The number of hydrogen-bond acceptors (Lipinski definition) is 2. The molecule has 2 atom stereocenters. The summed E-state index contributed by atoms with van der Waals surface area (Å²) in [4.78, 5) is 16.5. The summed E-state index contributed by atoms with van der Waals surface area (Å²) in [6.45, 7) is 10.9. The number of piperidine rings is 1. The summed E-state index contributed by atoms with van der Waals surface area (Å²) < 4.78 is 0. The van der Waals surface area contributed by atoms with Gasteiger partial charge in [-0.1, -0.05) is 0 Å². The van der Waals surface area contributed by atoms with Crippen LogP contribution in [-0.2, 0) is 4.79 Å². The Bertz CT molecular complexity index is 276. The van der Waals surface area contributed by atoms with Crippen LogP contribution in [0, 0.1) is 17.8 Å². The largest absolute Gasteiger partial charge is 0.343 e. The number of carbonyl (C=O) groups excluding carboxylic acids is 1. The van der Waals surface area contributed by atoms with Crippen molar-refractivity contribution in [1.82, 2.24) is 9.80 Å². The number of fused-ring (bicyclic) bond motifs is 1. The van der Waals surface area contributed by atoms with Crippen LogP contribution in [0.4, 0.5) is 0 Å². The molecule has 1 aliphatic carbocycles. The molecule has 0 N–H and O–H groups in total. The van der Waals surface area contributed by atoms with Gasteiger partial charge in [-0.15, -0.1) is 0 Å². The predicted molar refractivity (Wildman–Crippen MR) is 65.1 cm³/mol. The minimum absolute atomic E-state index is 0.329. The van der Waals surface area contributed by atoms with Gasteiger partial charge in [0.15, 0.2) is 0 Å². The third-order valence-electron chi connectivity index (χ3n) is 4.36. The SMILES string of the molecule is CC(C)N1CC2C(C1)C2C(=O)N(C)C(C)C. The zero-order valence-corrected chi connectivity index (χ0v) is 11.1. The van der Waals surface area contributed by atoms with Gasteiger partial charge in [-0.2, -0.15) is 0 Å². The lowest BCUT2D eigenvalue weighted by Crippen LogP contribution is -2.38. The molecule has 92 valence electrons. The third-order valence-corrected chi connectivity index (χ3v) is 4.36. The third kappa shape index (κ3) is 1.86. The van der Waals surface area contributed by atoms with Crippen molar-refractivity contribution in [2.45, 2.75) is 39.8 Å². The monoisotopic (exact) mass is 224 g/mol. The Morgan fingerprint density at radius 3 is 2.06 bits per heavy atom. The van der Waals surface area contributed by atoms with E-state index in [-0.39, 0.29) is 0 Å². The van der Waals surface area contributed by atoms with Crippen molar-refractivity contribution in [1.29, 1.82) is 0 Å². The summed E-state index contributed by atoms with van der Waals surface area (Å²) >= 11 is 0. The van der Waals surface area contributed by atoms with Crippen LogP contribution in [0.3, 0.4) is 0 Å². The molecule has 2 unspecified atom stereocenters. The van der Waals surface area contributed by atoms with Crippen LogP contribution >= 0.6 is 0 Å². The summed E-state index contributed by atoms with van der Waals surface area (Å²) in [5.74, 6) is 2.00. The van der Waals surface area contributed by atoms with Crippen molar-refractivity contribution in [2.24, 2.45) is 17.8 Å². The highest BCUT2D eigenvalue weighted by atomic mass is 16.2. The molecular weight excluding hydrogens is 200 g/mol. The molecule has 1 heterocycles. The van der Waals surface area contributed by atoms with Gasteiger partial charge in [0.05, 0.1) is 0 Å². The van der Waals surface area contributed by atoms with Crippen LogP contribution in [0.2, 0.25) is 0 Å². The van der Waals surface area contributed by atoms with Gasteiger partial charge in [0, 0.05) is 38.1 Å². The highest BCUT2D eigenvalue weighted by Gasteiger charge is 2.60. The average Bonchev–Trinajstić information content (AvgIpc) is 2.69. The van der Waals surface area contributed by atoms with Gasteiger partial charge in [0.2, 0.25) is 5.91 Å². The number of carbonyl (C=O) groups is 1. The molecule has 1 amide bonds. The van der Waals surface area contributed by atoms with Crippen molar-refractivity contribution in [3.63, 3.8) is 0 Å². The van der Waals surface area contributed by atoms with Gasteiger partial charge < -0.3 is 9.80 Å². The van der Waals surface area contributed by atoms with E-state index in [2.05, 4.69) is 32.6 Å². The lowest BCUT2D eigenvalue weighted by Gasteiger charge is -2.26. The molecule has 0 radical (unpaired) electrons. The minimum Gasteiger partial charge on any atom is -0.343 e. The summed E-state index contributed by atoms with van der Waals surface area (Å²) in [5.41, 5.74) is 0. The standard InChI is InChI=1S/C13H24N2O/c1-8(2)14(5)13(16)12-10-6-15(9(3)4)7-11(10)12/h8-12H,6-7H2,1-5H3. The van der Waals surface area contributed by atoms with E-state index < -0.39 is 0 Å². The lowest BCUT2D eigenvalue weighted by molar-refractivity contribution is -0.133. The van der Waals surface area contributed by atoms with Crippen LogP contribution in [0.15, 0.2) is 0 Å². The molecule has 2 aliphatic rings. The number of rotatable bonds is 3. The maximum atomic E-state index is 12.1. The fourth-order valence-corrected chi connectivity index (χ4v) is 2.84. The van der Waals surface area contributed by atoms with Crippen molar-refractivity contribution >= 4 is 5.91 Å². The van der Waals surface area contributed by atoms with E-state index in [1.165, 1.54) is 0 Å². The molecule has 1 saturated heterocycles. The Balaban J connectivity index is 1.88. The van der Waals surface area contributed by atoms with Crippen LogP contribution in [0.5, 0.6) is 0 Å². The second kappa shape index (κ2) is 4.02. The van der Waals surface area contributed by atoms with E-state index in [1.54, 1.807) is 0 Å². The summed E-state index contributed by atoms with van der Waals surface area (Å²) in [7, 11) is 1.93. The lowest BCUT2D eigenvalue weighted by atomic mass is 10.2. The van der Waals surface area contributed by atoms with Crippen molar-refractivity contribution in [2.75, 3.05) is 20.1 Å². The molecule has 0 aromatic carbocycles. The Labute approximate surface area is 98.8 Å². The van der Waals surface area contributed by atoms with E-state index in [9.17, 15) is 4.79 Å². The van der Waals surface area contributed by atoms with Crippen LogP contribution in [0.25, 0.3) is 0 Å². The molecule has 3 nitrogen and oxygen atoms in total. The van der Waals surface area contributed by atoms with Crippen LogP contribution < -0.4 is 0 Å². The van der Waals surface area contributed by atoms with Crippen molar-refractivity contribution < 1.29 is 4.79 Å². The first-order valence-corrected chi connectivity index (χ1v) is 6.44. The van der Waals surface area contributed by atoms with E-state index in [4.69, 9.17) is 0 Å². The van der Waals surface area contributed by atoms with E-state index in [0.29, 0.717) is 35.7 Å². The number of likely N-dealkylation sites (tertiary alicyclic amines) is 1. The van der Waals surface area contributed by atoms with Crippen LogP contribution in [0.1, 0.15) is 27.7 Å². The maximum Gasteiger partial charge on any atom is 0.226 e. The summed E-state index contributed by atoms with van der Waals surface area (Å²) in [6.07, 6.45) is 0. The van der Waals surface area contributed by atoms with E-state index in [1.807, 2.05) is 11.9 Å². The van der Waals surface area contributed by atoms with Crippen molar-refractivity contribution in [3.05, 3.63) is 0 Å². The minimum atomic E-state index is 0.329. The number of amides is 1. The van der Waals surface area contributed by atoms with Gasteiger partial charge in [-0.25, -0.2) is 0 Å². The van der Waals surface area contributed by atoms with E-state index >= 15 is 0 Å². The zero-order valence-electron chi connectivity index (χ0n) is 11.1. The Morgan fingerprint density at radius 1 is 1.19 bits per heavy atom. The topological polar surface area (TPSA) is 23.6 Å². The molecule has 16 heavy (non-hydrogen) atoms. The number of nitrogens with zero attached hydrogens (tertiary/aromatic N) is 2. The Kier molecular flexibility index (Phi) is 2.99. The van der Waals surface area contributed by atoms with Gasteiger partial charge in [-0.3, -0.25) is 4.79 Å². The fraction of sp³-hybridized carbons (Fsp3) is 0.923. The maximum absolute atomic E-state index is 12.1. The van der Waals surface area contributed by atoms with Gasteiger partial charge in [0.1, 0.15) is 0 Å². The molecule has 0 aromatic rings. The Morgan fingerprint density at radius 2 is 1.69 bits per heavy atom. The first kappa shape index (κ1) is 11.9. The molecule has 3 heteroatoms. The quantitative estimate of drug-likeness (QED) is 0.724. The number of hydrogen-bond donors (Lipinski definition) is 0. The fourth-order valence-electron chi connectivity index (χ4n) is 2.84. The molecular formula is C13H24N2O. The normalized spacial score (nSPS) is 33.3. The molecule has 1 saturated carbocycles. The zero-order chi connectivity index (χ0) is 12.0. The molecule has 2 fully saturated rings. The van der Waals surface area contributed by atoms with E-state index in [0.717, 1.165) is 13.1 Å². The first-order valence-electron chi connectivity index (χ1n) is 6.44. The highest BCUT2D eigenvalue weighted by molar-refractivity contribution is 5.82. The van der Waals surface area contributed by atoms with Crippen molar-refractivity contribution in [3.8, 4) is 0 Å². The Hall–Kier alpha value is -0.570. The highest BCUT2D eigenvalue weighted by Crippen LogP contribution is 2.52. The second-order valence-corrected chi connectivity index (χ2v) is 5.94. The predicted octanol–water partition coefficient (Wildman–Crippen LogP) is 1.44. The first-order chi connectivity index (χ1) is 7.43. The molecule has 1 aliphatic heterocycles. The second-order valence-electron chi connectivity index (χ2n) is 5.94. The smallest absolute Gasteiger partial charge is 0.226 e. The molecule has 0 bridgehead atoms. The van der Waals surface area contributed by atoms with Gasteiger partial charge in [0.25, 0.3) is 0 Å². The van der Waals surface area contributed by atoms with Gasteiger partial charge >= 0.3 is 0 Å². The average molecular weight is 224 g/mol. The van der Waals surface area contributed by atoms with Crippen LogP contribution in [-0.4, -0.2) is 47.9 Å². The summed E-state index contributed by atoms with van der Waals surface area (Å²) in [5, 5.41) is 0.